The van der Waals surface area contributed by atoms with Crippen molar-refractivity contribution < 1.29 is 13.5 Å². The highest BCUT2D eigenvalue weighted by atomic mass is 19.3. The van der Waals surface area contributed by atoms with Crippen LogP contribution in [0.5, 0.6) is 5.88 Å². The zero-order chi connectivity index (χ0) is 22.9. The van der Waals surface area contributed by atoms with Gasteiger partial charge in [0.15, 0.2) is 0 Å². The molecule has 0 unspecified atom stereocenters. The van der Waals surface area contributed by atoms with Gasteiger partial charge in [-0.05, 0) is 31.5 Å². The molecular formula is C22H23F2N7O. The van der Waals surface area contributed by atoms with Crippen LogP contribution in [0.3, 0.4) is 0 Å². The lowest BCUT2D eigenvalue weighted by Crippen LogP contribution is -2.10. The monoisotopic (exact) mass is 439 g/mol. The van der Waals surface area contributed by atoms with Crippen molar-refractivity contribution in [1.29, 1.82) is 0 Å². The predicted octanol–water partition coefficient (Wildman–Crippen LogP) is 3.69. The molecule has 10 heteroatoms. The zero-order valence-electron chi connectivity index (χ0n) is 18.3. The fraction of sp³-hybridized carbons (Fsp3) is 0.318. The Morgan fingerprint density at radius 3 is 2.53 bits per heavy atom. The van der Waals surface area contributed by atoms with E-state index in [0.717, 1.165) is 18.3 Å². The summed E-state index contributed by atoms with van der Waals surface area (Å²) in [6.45, 7) is 4.85. The summed E-state index contributed by atoms with van der Waals surface area (Å²) < 4.78 is 36.6. The van der Waals surface area contributed by atoms with Crippen molar-refractivity contribution in [1.82, 2.24) is 34.7 Å². The first kappa shape index (κ1) is 21.5. The molecule has 3 aromatic heterocycles. The van der Waals surface area contributed by atoms with Crippen LogP contribution in [0.1, 0.15) is 40.8 Å². The Morgan fingerprint density at radius 1 is 1.06 bits per heavy atom. The third-order valence-electron chi connectivity index (χ3n) is 4.78. The van der Waals surface area contributed by atoms with E-state index in [-0.39, 0.29) is 12.2 Å². The SMILES string of the molecule is Cc1cc(C)n(-c2nc(Cc3cccc(C(C)(F)F)c3)cc(OCc3cn(C)nn3)n2)n1. The highest BCUT2D eigenvalue weighted by molar-refractivity contribution is 5.32. The Bertz CT molecular complexity index is 1240. The fourth-order valence-corrected chi connectivity index (χ4v) is 3.32. The van der Waals surface area contributed by atoms with Crippen LogP contribution in [0.15, 0.2) is 42.6 Å². The molecule has 166 valence electrons. The van der Waals surface area contributed by atoms with Gasteiger partial charge in [-0.3, -0.25) is 4.68 Å². The predicted molar refractivity (Wildman–Crippen MR) is 113 cm³/mol. The molecule has 4 aromatic rings. The topological polar surface area (TPSA) is 83.5 Å². The molecule has 0 saturated carbocycles. The molecule has 3 heterocycles. The van der Waals surface area contributed by atoms with Crippen LogP contribution in [-0.2, 0) is 26.0 Å². The minimum absolute atomic E-state index is 0.0399. The molecule has 0 bridgehead atoms. The largest absolute Gasteiger partial charge is 0.471 e. The van der Waals surface area contributed by atoms with Crippen molar-refractivity contribution in [3.8, 4) is 11.8 Å². The molecule has 32 heavy (non-hydrogen) atoms. The van der Waals surface area contributed by atoms with Crippen molar-refractivity contribution in [2.24, 2.45) is 7.05 Å². The molecule has 0 aliphatic rings. The number of halogens is 2. The van der Waals surface area contributed by atoms with E-state index in [1.807, 2.05) is 19.9 Å². The van der Waals surface area contributed by atoms with Crippen molar-refractivity contribution >= 4 is 0 Å². The van der Waals surface area contributed by atoms with Crippen LogP contribution in [-0.4, -0.2) is 34.7 Å². The number of rotatable bonds is 7. The highest BCUT2D eigenvalue weighted by Crippen LogP contribution is 2.28. The number of ether oxygens (including phenoxy) is 1. The smallest absolute Gasteiger partial charge is 0.270 e. The molecule has 8 nitrogen and oxygen atoms in total. The van der Waals surface area contributed by atoms with Crippen molar-refractivity contribution in [2.75, 3.05) is 0 Å². The standard InChI is InChI=1S/C22H23F2N7O/c1-14-8-15(2)31(28-14)21-25-18(10-16-6-5-7-17(9-16)22(3,23)24)11-20(26-21)32-13-19-12-30(4)29-27-19/h5-9,11-12H,10,13H2,1-4H3. The number of hydrogen-bond acceptors (Lipinski definition) is 6. The van der Waals surface area contributed by atoms with Crippen molar-refractivity contribution in [3.63, 3.8) is 0 Å². The Labute approximate surface area is 183 Å². The van der Waals surface area contributed by atoms with Gasteiger partial charge in [-0.25, -0.2) is 18.4 Å². The minimum Gasteiger partial charge on any atom is -0.471 e. The molecule has 0 aliphatic heterocycles. The molecule has 0 amide bonds. The Morgan fingerprint density at radius 2 is 1.88 bits per heavy atom. The van der Waals surface area contributed by atoms with E-state index in [0.29, 0.717) is 35.2 Å². The Balaban J connectivity index is 1.67. The van der Waals surface area contributed by atoms with E-state index in [2.05, 4.69) is 25.4 Å². The number of aryl methyl sites for hydroxylation is 3. The molecular weight excluding hydrogens is 416 g/mol. The summed E-state index contributed by atoms with van der Waals surface area (Å²) >= 11 is 0. The lowest BCUT2D eigenvalue weighted by molar-refractivity contribution is 0.0174. The maximum atomic E-state index is 13.8. The van der Waals surface area contributed by atoms with Crippen LogP contribution < -0.4 is 4.74 Å². The molecule has 0 radical (unpaired) electrons. The van der Waals surface area contributed by atoms with Gasteiger partial charge in [-0.1, -0.05) is 23.4 Å². The van der Waals surface area contributed by atoms with Crippen molar-refractivity contribution in [3.05, 3.63) is 76.5 Å². The van der Waals surface area contributed by atoms with Crippen molar-refractivity contribution in [2.45, 2.75) is 39.7 Å². The van der Waals surface area contributed by atoms with Gasteiger partial charge >= 0.3 is 0 Å². The Hall–Kier alpha value is -3.69. The quantitative estimate of drug-likeness (QED) is 0.437. The van der Waals surface area contributed by atoms with Gasteiger partial charge in [-0.15, -0.1) is 5.10 Å². The molecule has 0 N–H and O–H groups in total. The van der Waals surface area contributed by atoms with Gasteiger partial charge in [0.1, 0.15) is 12.3 Å². The fourth-order valence-electron chi connectivity index (χ4n) is 3.32. The summed E-state index contributed by atoms with van der Waals surface area (Å²) in [7, 11) is 1.77. The van der Waals surface area contributed by atoms with E-state index in [1.165, 1.54) is 12.1 Å². The first-order chi connectivity index (χ1) is 15.2. The number of alkyl halides is 2. The molecule has 0 spiro atoms. The summed E-state index contributed by atoms with van der Waals surface area (Å²) in [5.74, 6) is -2.24. The third-order valence-corrected chi connectivity index (χ3v) is 4.78. The van der Waals surface area contributed by atoms with Gasteiger partial charge < -0.3 is 4.74 Å². The number of benzene rings is 1. The van der Waals surface area contributed by atoms with Crippen LogP contribution in [0, 0.1) is 13.8 Å². The molecule has 4 rings (SSSR count). The second kappa shape index (κ2) is 8.45. The summed E-state index contributed by atoms with van der Waals surface area (Å²) in [5, 5.41) is 12.3. The maximum absolute atomic E-state index is 13.8. The van der Waals surface area contributed by atoms with E-state index in [4.69, 9.17) is 4.74 Å². The number of aromatic nitrogens is 7. The van der Waals surface area contributed by atoms with Crippen LogP contribution >= 0.6 is 0 Å². The van der Waals surface area contributed by atoms with Gasteiger partial charge in [0.25, 0.3) is 11.9 Å². The van der Waals surface area contributed by atoms with Crippen LogP contribution in [0.25, 0.3) is 5.95 Å². The minimum atomic E-state index is -2.92. The van der Waals surface area contributed by atoms with Crippen LogP contribution in [0.2, 0.25) is 0 Å². The van der Waals surface area contributed by atoms with E-state index in [9.17, 15) is 8.78 Å². The van der Waals surface area contributed by atoms with Crippen LogP contribution in [0.4, 0.5) is 8.78 Å². The summed E-state index contributed by atoms with van der Waals surface area (Å²) in [5.41, 5.74) is 3.64. The number of hydrogen-bond donors (Lipinski definition) is 0. The lowest BCUT2D eigenvalue weighted by atomic mass is 10.0. The molecule has 0 aliphatic carbocycles. The second-order valence-corrected chi connectivity index (χ2v) is 7.77. The lowest BCUT2D eigenvalue weighted by Gasteiger charge is -2.13. The maximum Gasteiger partial charge on any atom is 0.270 e. The number of nitrogens with zero attached hydrogens (tertiary/aromatic N) is 7. The Kier molecular flexibility index (Phi) is 5.68. The molecule has 0 atom stereocenters. The summed E-state index contributed by atoms with van der Waals surface area (Å²) in [6.07, 6.45) is 2.08. The first-order valence-corrected chi connectivity index (χ1v) is 10.0. The van der Waals surface area contributed by atoms with Gasteiger partial charge in [-0.2, -0.15) is 10.1 Å². The first-order valence-electron chi connectivity index (χ1n) is 10.0. The van der Waals surface area contributed by atoms with E-state index >= 15 is 0 Å². The second-order valence-electron chi connectivity index (χ2n) is 7.77. The highest BCUT2D eigenvalue weighted by Gasteiger charge is 2.24. The van der Waals surface area contributed by atoms with E-state index < -0.39 is 5.92 Å². The molecule has 1 aromatic carbocycles. The summed E-state index contributed by atoms with van der Waals surface area (Å²) in [6, 6.07) is 9.94. The third kappa shape index (κ3) is 4.96. The normalized spacial score (nSPS) is 11.7. The average Bonchev–Trinajstić information content (AvgIpc) is 3.30. The van der Waals surface area contributed by atoms with Gasteiger partial charge in [0.05, 0.1) is 17.6 Å². The average molecular weight is 439 g/mol. The summed E-state index contributed by atoms with van der Waals surface area (Å²) in [4.78, 5) is 9.10. The zero-order valence-corrected chi connectivity index (χ0v) is 18.3. The van der Waals surface area contributed by atoms with E-state index in [1.54, 1.807) is 40.8 Å². The molecule has 0 fully saturated rings. The molecule has 0 saturated heterocycles. The van der Waals surface area contributed by atoms with Gasteiger partial charge in [0, 0.05) is 37.7 Å². The van der Waals surface area contributed by atoms with Gasteiger partial charge in [0.2, 0.25) is 5.88 Å².